The van der Waals surface area contributed by atoms with Gasteiger partial charge in [0.05, 0.1) is 6.17 Å². The van der Waals surface area contributed by atoms with E-state index in [0.717, 1.165) is 6.17 Å². The maximum Gasteiger partial charge on any atom is 0.0609 e. The van der Waals surface area contributed by atoms with Crippen LogP contribution in [0.4, 0.5) is 0 Å². The Morgan fingerprint density at radius 2 is 2.44 bits per heavy atom. The standard InChI is InChI=1S/C7H13N2/c1-2-6-9(5-1)7-3-4-8-7/h1,7-8H,2-6H2. The second-order valence-electron chi connectivity index (χ2n) is 2.83. The Labute approximate surface area is 56.2 Å². The zero-order valence-corrected chi connectivity index (χ0v) is 5.64. The lowest BCUT2D eigenvalue weighted by Gasteiger charge is -2.35. The summed E-state index contributed by atoms with van der Waals surface area (Å²) in [6.45, 7) is 3.70. The molecule has 1 atom stereocenters. The van der Waals surface area contributed by atoms with Gasteiger partial charge in [-0.25, -0.2) is 0 Å². The number of hydrogen-bond donors (Lipinski definition) is 1. The predicted octanol–water partition coefficient (Wildman–Crippen LogP) is 0.216. The van der Waals surface area contributed by atoms with Crippen LogP contribution in [0.2, 0.25) is 0 Å². The number of nitrogens with one attached hydrogen (secondary N) is 1. The maximum absolute atomic E-state index is 3.39. The van der Waals surface area contributed by atoms with Crippen LogP contribution in [0.3, 0.4) is 0 Å². The fraction of sp³-hybridized carbons (Fsp3) is 0.857. The maximum atomic E-state index is 3.39. The van der Waals surface area contributed by atoms with E-state index in [4.69, 9.17) is 0 Å². The van der Waals surface area contributed by atoms with E-state index in [1.807, 2.05) is 0 Å². The van der Waals surface area contributed by atoms with Gasteiger partial charge in [-0.15, -0.1) is 0 Å². The topological polar surface area (TPSA) is 15.3 Å². The van der Waals surface area contributed by atoms with Crippen LogP contribution in [0.25, 0.3) is 0 Å². The quantitative estimate of drug-likeness (QED) is 0.539. The lowest BCUT2D eigenvalue weighted by Crippen LogP contribution is -2.53. The molecule has 0 amide bonds. The molecule has 9 heavy (non-hydrogen) atoms. The highest BCUT2D eigenvalue weighted by molar-refractivity contribution is 4.88. The molecule has 0 aliphatic carbocycles. The van der Waals surface area contributed by atoms with Crippen molar-refractivity contribution in [1.29, 1.82) is 0 Å². The third kappa shape index (κ3) is 0.970. The van der Waals surface area contributed by atoms with E-state index in [2.05, 4.69) is 16.6 Å². The third-order valence-corrected chi connectivity index (χ3v) is 2.22. The van der Waals surface area contributed by atoms with E-state index in [-0.39, 0.29) is 0 Å². The molecule has 1 unspecified atom stereocenters. The molecule has 0 aromatic carbocycles. The molecule has 2 aliphatic rings. The van der Waals surface area contributed by atoms with Gasteiger partial charge in [-0.3, -0.25) is 4.90 Å². The summed E-state index contributed by atoms with van der Waals surface area (Å²) in [6.07, 6.45) is 5.73. The van der Waals surface area contributed by atoms with Crippen molar-refractivity contribution >= 4 is 0 Å². The number of rotatable bonds is 1. The summed E-state index contributed by atoms with van der Waals surface area (Å²) in [5.74, 6) is 0. The first kappa shape index (κ1) is 5.69. The molecule has 2 heteroatoms. The first-order valence-electron chi connectivity index (χ1n) is 3.76. The number of hydrogen-bond acceptors (Lipinski definition) is 2. The molecule has 2 nitrogen and oxygen atoms in total. The molecule has 2 rings (SSSR count). The molecule has 2 saturated heterocycles. The first-order chi connectivity index (χ1) is 4.47. The Balaban J connectivity index is 1.82. The predicted molar refractivity (Wildman–Crippen MR) is 36.9 cm³/mol. The minimum absolute atomic E-state index is 0.726. The molecular weight excluding hydrogens is 112 g/mol. The normalized spacial score (nSPS) is 36.7. The molecule has 51 valence electrons. The molecule has 2 heterocycles. The molecule has 0 spiro atoms. The summed E-state index contributed by atoms with van der Waals surface area (Å²) < 4.78 is 0. The lowest BCUT2D eigenvalue weighted by atomic mass is 10.2. The molecule has 0 saturated carbocycles. The molecule has 0 aromatic heterocycles. The van der Waals surface area contributed by atoms with Crippen LogP contribution in [0.1, 0.15) is 12.8 Å². The highest BCUT2D eigenvalue weighted by atomic mass is 15.3. The van der Waals surface area contributed by atoms with E-state index in [1.54, 1.807) is 0 Å². The molecule has 1 radical (unpaired) electrons. The molecule has 2 aliphatic heterocycles. The summed E-state index contributed by atoms with van der Waals surface area (Å²) in [5, 5.41) is 3.39. The smallest absolute Gasteiger partial charge is 0.0609 e. The minimum Gasteiger partial charge on any atom is -0.302 e. The summed E-state index contributed by atoms with van der Waals surface area (Å²) in [4.78, 5) is 2.50. The van der Waals surface area contributed by atoms with Crippen LogP contribution in [-0.2, 0) is 0 Å². The Kier molecular flexibility index (Phi) is 1.44. The van der Waals surface area contributed by atoms with E-state index in [9.17, 15) is 0 Å². The minimum atomic E-state index is 0.726. The van der Waals surface area contributed by atoms with Gasteiger partial charge in [-0.1, -0.05) is 0 Å². The van der Waals surface area contributed by atoms with Crippen molar-refractivity contribution in [3.05, 3.63) is 6.42 Å². The van der Waals surface area contributed by atoms with Crippen molar-refractivity contribution < 1.29 is 0 Å². The van der Waals surface area contributed by atoms with Crippen molar-refractivity contribution in [3.8, 4) is 0 Å². The van der Waals surface area contributed by atoms with Crippen molar-refractivity contribution in [1.82, 2.24) is 10.2 Å². The third-order valence-electron chi connectivity index (χ3n) is 2.22. The molecule has 0 aromatic rings. The van der Waals surface area contributed by atoms with Crippen LogP contribution < -0.4 is 5.32 Å². The molecule has 2 fully saturated rings. The van der Waals surface area contributed by atoms with Gasteiger partial charge in [-0.2, -0.15) is 0 Å². The Hall–Kier alpha value is -0.0800. The van der Waals surface area contributed by atoms with Crippen molar-refractivity contribution in [3.63, 3.8) is 0 Å². The van der Waals surface area contributed by atoms with Gasteiger partial charge in [-0.05, 0) is 32.4 Å². The van der Waals surface area contributed by atoms with Gasteiger partial charge in [0, 0.05) is 6.54 Å². The van der Waals surface area contributed by atoms with E-state index >= 15 is 0 Å². The van der Waals surface area contributed by atoms with Gasteiger partial charge in [0.2, 0.25) is 0 Å². The Bertz CT molecular complexity index is 93.1. The Morgan fingerprint density at radius 3 is 2.89 bits per heavy atom. The Morgan fingerprint density at radius 1 is 1.56 bits per heavy atom. The highest BCUT2D eigenvalue weighted by Crippen LogP contribution is 2.14. The van der Waals surface area contributed by atoms with Gasteiger partial charge >= 0.3 is 0 Å². The highest BCUT2D eigenvalue weighted by Gasteiger charge is 2.25. The summed E-state index contributed by atoms with van der Waals surface area (Å²) in [6, 6.07) is 0. The summed E-state index contributed by atoms with van der Waals surface area (Å²) in [7, 11) is 0. The van der Waals surface area contributed by atoms with Crippen LogP contribution in [-0.4, -0.2) is 30.7 Å². The van der Waals surface area contributed by atoms with Crippen molar-refractivity contribution in [2.75, 3.05) is 19.6 Å². The van der Waals surface area contributed by atoms with Crippen LogP contribution >= 0.6 is 0 Å². The second kappa shape index (κ2) is 2.27. The first-order valence-corrected chi connectivity index (χ1v) is 3.76. The van der Waals surface area contributed by atoms with Gasteiger partial charge in [0.1, 0.15) is 0 Å². The zero-order chi connectivity index (χ0) is 6.10. The molecular formula is C7H13N2. The summed E-state index contributed by atoms with van der Waals surface area (Å²) >= 11 is 0. The number of likely N-dealkylation sites (tertiary alicyclic amines) is 1. The van der Waals surface area contributed by atoms with Crippen LogP contribution in [0.5, 0.6) is 0 Å². The van der Waals surface area contributed by atoms with Gasteiger partial charge < -0.3 is 5.32 Å². The zero-order valence-electron chi connectivity index (χ0n) is 5.64. The van der Waals surface area contributed by atoms with Crippen LogP contribution in [0.15, 0.2) is 0 Å². The lowest BCUT2D eigenvalue weighted by molar-refractivity contribution is 0.141. The SMILES string of the molecule is [CH]1CCN(C2CCN2)C1. The van der Waals surface area contributed by atoms with Gasteiger partial charge in [0.15, 0.2) is 0 Å². The monoisotopic (exact) mass is 125 g/mol. The number of nitrogens with zero attached hydrogens (tertiary/aromatic N) is 1. The molecule has 0 bridgehead atoms. The largest absolute Gasteiger partial charge is 0.302 e. The summed E-state index contributed by atoms with van der Waals surface area (Å²) in [5.41, 5.74) is 0. The second-order valence-corrected chi connectivity index (χ2v) is 2.83. The van der Waals surface area contributed by atoms with Gasteiger partial charge in [0.25, 0.3) is 0 Å². The van der Waals surface area contributed by atoms with E-state index < -0.39 is 0 Å². The van der Waals surface area contributed by atoms with Crippen molar-refractivity contribution in [2.45, 2.75) is 19.0 Å². The van der Waals surface area contributed by atoms with E-state index in [1.165, 1.54) is 32.5 Å². The molecule has 1 N–H and O–H groups in total. The fourth-order valence-electron chi connectivity index (χ4n) is 1.47. The fourth-order valence-corrected chi connectivity index (χ4v) is 1.47. The van der Waals surface area contributed by atoms with Crippen LogP contribution in [0, 0.1) is 6.42 Å². The van der Waals surface area contributed by atoms with E-state index in [0.29, 0.717) is 0 Å². The average Bonchev–Trinajstić information content (AvgIpc) is 2.11. The van der Waals surface area contributed by atoms with Crippen molar-refractivity contribution in [2.24, 2.45) is 0 Å². The average molecular weight is 125 g/mol.